The number of tetrazole rings is 1. The van der Waals surface area contributed by atoms with Gasteiger partial charge in [0, 0.05) is 26.2 Å². The minimum absolute atomic E-state index is 0.0604. The Bertz CT molecular complexity index is 1230. The van der Waals surface area contributed by atoms with Gasteiger partial charge in [0.2, 0.25) is 0 Å². The van der Waals surface area contributed by atoms with Crippen LogP contribution in [-0.2, 0) is 4.74 Å². The molecule has 2 aliphatic rings. The average Bonchev–Trinajstić information content (AvgIpc) is 3.39. The van der Waals surface area contributed by atoms with Crippen molar-refractivity contribution in [2.24, 2.45) is 0 Å². The number of aromatic nitrogens is 5. The first-order valence-corrected chi connectivity index (χ1v) is 10.8. The summed E-state index contributed by atoms with van der Waals surface area (Å²) in [7, 11) is 0. The zero-order valence-electron chi connectivity index (χ0n) is 18.4. The van der Waals surface area contributed by atoms with Gasteiger partial charge in [0.25, 0.3) is 0 Å². The lowest BCUT2D eigenvalue weighted by atomic mass is 9.96. The minimum Gasteiger partial charge on any atom is -0.370 e. The van der Waals surface area contributed by atoms with Crippen molar-refractivity contribution < 1.29 is 13.9 Å². The first-order valence-electron chi connectivity index (χ1n) is 10.8. The van der Waals surface area contributed by atoms with Gasteiger partial charge in [-0.25, -0.2) is 14.2 Å². The molecule has 3 aromatic rings. The number of nitrogens with zero attached hydrogens (tertiary/aromatic N) is 8. The number of anilines is 1. The molecule has 4 heterocycles. The van der Waals surface area contributed by atoms with Crippen molar-refractivity contribution in [3.8, 4) is 11.9 Å². The molecule has 0 unspecified atom stereocenters. The summed E-state index contributed by atoms with van der Waals surface area (Å²) in [6, 6.07) is 8.27. The Balaban J connectivity index is 1.19. The Labute approximate surface area is 194 Å². The highest BCUT2D eigenvalue weighted by Crippen LogP contribution is 2.31. The van der Waals surface area contributed by atoms with Crippen molar-refractivity contribution in [1.29, 1.82) is 5.26 Å². The molecule has 11 nitrogen and oxygen atoms in total. The summed E-state index contributed by atoms with van der Waals surface area (Å²) in [5.41, 5.74) is 2.08. The van der Waals surface area contributed by atoms with E-state index in [9.17, 15) is 14.4 Å². The number of ether oxygens (including phenoxy) is 1. The van der Waals surface area contributed by atoms with E-state index in [-0.39, 0.29) is 23.7 Å². The van der Waals surface area contributed by atoms with Crippen LogP contribution in [0.25, 0.3) is 5.82 Å². The standard InChI is InChI=1S/C22H22FN9O2/c1-14-17(3-4-19(23)18(14)8-24)20-11-30-6-7-31(10-16(30)12-34-20)22(33)27-15-2-5-21(25-9-15)32-13-26-28-29-32/h2-5,9,13,16,20H,6-7,10-12H2,1H3,(H,27,33)/t16-,20-/m0/s1. The molecule has 1 N–H and O–H groups in total. The number of carbonyl (C=O) groups is 1. The SMILES string of the molecule is Cc1c([C@@H]2CN3CCN(C(=O)Nc4ccc(-n5cnnn5)nc4)C[C@H]3CO2)ccc(F)c1C#N. The number of amides is 2. The van der Waals surface area contributed by atoms with Gasteiger partial charge in [-0.15, -0.1) is 5.10 Å². The average molecular weight is 463 g/mol. The highest BCUT2D eigenvalue weighted by atomic mass is 19.1. The van der Waals surface area contributed by atoms with Crippen LogP contribution in [0.3, 0.4) is 0 Å². The molecule has 0 spiro atoms. The molecule has 12 heteroatoms. The lowest BCUT2D eigenvalue weighted by molar-refractivity contribution is -0.0844. The number of carbonyl (C=O) groups excluding carboxylic acids is 1. The predicted molar refractivity (Wildman–Crippen MR) is 117 cm³/mol. The number of benzene rings is 1. The number of piperazine rings is 1. The number of halogens is 1. The number of rotatable bonds is 3. The number of nitriles is 1. The number of pyridine rings is 1. The molecular weight excluding hydrogens is 441 g/mol. The smallest absolute Gasteiger partial charge is 0.321 e. The Morgan fingerprint density at radius 1 is 1.26 bits per heavy atom. The molecule has 0 radical (unpaired) electrons. The monoisotopic (exact) mass is 463 g/mol. The maximum atomic E-state index is 13.9. The first-order chi connectivity index (χ1) is 16.5. The van der Waals surface area contributed by atoms with Gasteiger partial charge in [0.05, 0.1) is 36.2 Å². The van der Waals surface area contributed by atoms with Gasteiger partial charge in [0.15, 0.2) is 5.82 Å². The van der Waals surface area contributed by atoms with Crippen molar-refractivity contribution in [2.45, 2.75) is 19.1 Å². The largest absolute Gasteiger partial charge is 0.370 e. The lowest BCUT2D eigenvalue weighted by Gasteiger charge is -2.46. The van der Waals surface area contributed by atoms with Crippen LogP contribution in [0.4, 0.5) is 14.9 Å². The van der Waals surface area contributed by atoms with Crippen LogP contribution in [0.15, 0.2) is 36.8 Å². The zero-order valence-corrected chi connectivity index (χ0v) is 18.4. The van der Waals surface area contributed by atoms with Gasteiger partial charge in [-0.3, -0.25) is 4.90 Å². The Morgan fingerprint density at radius 2 is 2.15 bits per heavy atom. The molecule has 174 valence electrons. The molecule has 2 aromatic heterocycles. The Hall–Kier alpha value is -3.95. The second kappa shape index (κ2) is 9.12. The number of urea groups is 1. The third kappa shape index (κ3) is 4.18. The fourth-order valence-electron chi connectivity index (χ4n) is 4.40. The van der Waals surface area contributed by atoms with Crippen molar-refractivity contribution in [3.63, 3.8) is 0 Å². The fraction of sp³-hybridized carbons (Fsp3) is 0.364. The second-order valence-electron chi connectivity index (χ2n) is 8.25. The van der Waals surface area contributed by atoms with Crippen LogP contribution >= 0.6 is 0 Å². The molecule has 1 aromatic carbocycles. The summed E-state index contributed by atoms with van der Waals surface area (Å²) < 4.78 is 21.4. The van der Waals surface area contributed by atoms with Gasteiger partial charge in [0.1, 0.15) is 18.2 Å². The predicted octanol–water partition coefficient (Wildman–Crippen LogP) is 1.67. The molecule has 34 heavy (non-hydrogen) atoms. The van der Waals surface area contributed by atoms with E-state index in [1.54, 1.807) is 36.2 Å². The molecule has 0 bridgehead atoms. The number of hydrogen-bond acceptors (Lipinski definition) is 8. The van der Waals surface area contributed by atoms with Crippen LogP contribution < -0.4 is 5.32 Å². The summed E-state index contributed by atoms with van der Waals surface area (Å²) in [6.07, 6.45) is 2.76. The zero-order chi connectivity index (χ0) is 23.7. The van der Waals surface area contributed by atoms with Gasteiger partial charge in [-0.05, 0) is 46.7 Å². The van der Waals surface area contributed by atoms with E-state index in [4.69, 9.17) is 4.74 Å². The van der Waals surface area contributed by atoms with E-state index < -0.39 is 5.82 Å². The van der Waals surface area contributed by atoms with Crippen molar-refractivity contribution in [1.82, 2.24) is 35.0 Å². The van der Waals surface area contributed by atoms with E-state index in [0.29, 0.717) is 49.9 Å². The maximum absolute atomic E-state index is 13.9. The Morgan fingerprint density at radius 3 is 2.88 bits per heavy atom. The summed E-state index contributed by atoms with van der Waals surface area (Å²) in [5.74, 6) is 0.0288. The highest BCUT2D eigenvalue weighted by molar-refractivity contribution is 5.89. The van der Waals surface area contributed by atoms with Gasteiger partial charge in [-0.2, -0.15) is 9.94 Å². The van der Waals surface area contributed by atoms with Crippen molar-refractivity contribution in [3.05, 3.63) is 59.3 Å². The number of nitrogens with one attached hydrogen (secondary N) is 1. The van der Waals surface area contributed by atoms with E-state index in [1.165, 1.54) is 17.1 Å². The molecular formula is C22H22FN9O2. The van der Waals surface area contributed by atoms with Crippen LogP contribution in [0.2, 0.25) is 0 Å². The van der Waals surface area contributed by atoms with Crippen molar-refractivity contribution in [2.75, 3.05) is 38.1 Å². The maximum Gasteiger partial charge on any atom is 0.321 e. The number of fused-ring (bicyclic) bond motifs is 1. The van der Waals surface area contributed by atoms with Crippen LogP contribution in [0.5, 0.6) is 0 Å². The highest BCUT2D eigenvalue weighted by Gasteiger charge is 2.36. The lowest BCUT2D eigenvalue weighted by Crippen LogP contribution is -2.60. The molecule has 2 atom stereocenters. The number of hydrogen-bond donors (Lipinski definition) is 1. The van der Waals surface area contributed by atoms with E-state index in [0.717, 1.165) is 5.56 Å². The topological polar surface area (TPSA) is 125 Å². The van der Waals surface area contributed by atoms with E-state index in [1.807, 2.05) is 6.07 Å². The van der Waals surface area contributed by atoms with Crippen LogP contribution in [0.1, 0.15) is 22.8 Å². The summed E-state index contributed by atoms with van der Waals surface area (Å²) in [4.78, 5) is 21.1. The molecule has 5 rings (SSSR count). The second-order valence-corrected chi connectivity index (χ2v) is 8.25. The third-order valence-electron chi connectivity index (χ3n) is 6.28. The summed E-state index contributed by atoms with van der Waals surface area (Å²) in [6.45, 7) is 4.60. The van der Waals surface area contributed by atoms with Gasteiger partial charge < -0.3 is 15.0 Å². The summed E-state index contributed by atoms with van der Waals surface area (Å²) in [5, 5.41) is 23.1. The van der Waals surface area contributed by atoms with Crippen molar-refractivity contribution >= 4 is 11.7 Å². The summed E-state index contributed by atoms with van der Waals surface area (Å²) >= 11 is 0. The fourth-order valence-corrected chi connectivity index (χ4v) is 4.40. The van der Waals surface area contributed by atoms with Gasteiger partial charge >= 0.3 is 6.03 Å². The van der Waals surface area contributed by atoms with Crippen LogP contribution in [-0.4, -0.2) is 79.8 Å². The molecule has 0 aliphatic carbocycles. The van der Waals surface area contributed by atoms with Gasteiger partial charge in [-0.1, -0.05) is 6.07 Å². The normalized spacial score (nSPS) is 20.4. The van der Waals surface area contributed by atoms with Crippen LogP contribution in [0, 0.1) is 24.1 Å². The van der Waals surface area contributed by atoms with E-state index >= 15 is 0 Å². The molecule has 2 fully saturated rings. The molecule has 2 saturated heterocycles. The quantitative estimate of drug-likeness (QED) is 0.622. The minimum atomic E-state index is -0.516. The van der Waals surface area contributed by atoms with E-state index in [2.05, 4.69) is 30.7 Å². The molecule has 2 amide bonds. The Kier molecular flexibility index (Phi) is 5.87. The number of morpholine rings is 1. The third-order valence-corrected chi connectivity index (χ3v) is 6.28. The molecule has 2 aliphatic heterocycles. The molecule has 0 saturated carbocycles. The first kappa shape index (κ1) is 21.9.